The van der Waals surface area contributed by atoms with Crippen LogP contribution in [0.5, 0.6) is 0 Å². The van der Waals surface area contributed by atoms with Gasteiger partial charge in [0.1, 0.15) is 15.4 Å². The number of para-hydroxylation sites is 1. The number of amides is 1. The number of nitrogens with zero attached hydrogens (tertiary/aromatic N) is 2. The number of benzene rings is 2. The highest BCUT2D eigenvalue weighted by atomic mass is 32.2. The third-order valence-electron chi connectivity index (χ3n) is 7.25. The molecule has 0 aliphatic heterocycles. The summed E-state index contributed by atoms with van der Waals surface area (Å²) in [5.41, 5.74) is 3.65. The van der Waals surface area contributed by atoms with E-state index >= 15 is 0 Å². The number of nitrogens with one attached hydrogen (secondary N) is 1. The van der Waals surface area contributed by atoms with Crippen molar-refractivity contribution in [1.82, 2.24) is 9.55 Å². The van der Waals surface area contributed by atoms with Gasteiger partial charge in [-0.1, -0.05) is 67.2 Å². The Labute approximate surface area is 255 Å². The summed E-state index contributed by atoms with van der Waals surface area (Å²) in [5.74, 6) is -0.200. The standard InChI is InChI=1S/C32H29N3O4S3/c1-3-39-31(38)27-23(20-10-6-4-7-11-20)17-40-28(27)33-25(36)18-41-32-34-29-26(22-15-14-19(2)16-24(22)42-29)30(37)35(32)21-12-8-5-9-13-21/h4-13,17,19H,3,14-16,18H2,1-2H3,(H,33,36)/t19-/m1/s1. The minimum absolute atomic E-state index is 0.00768. The lowest BCUT2D eigenvalue weighted by Gasteiger charge is -2.17. The molecule has 2 aromatic carbocycles. The zero-order valence-corrected chi connectivity index (χ0v) is 25.7. The quantitative estimate of drug-likeness (QED) is 0.113. The van der Waals surface area contributed by atoms with Crippen LogP contribution in [0, 0.1) is 5.92 Å². The number of carbonyl (C=O) groups excluding carboxylic acids is 2. The lowest BCUT2D eigenvalue weighted by molar-refractivity contribution is -0.113. The maximum absolute atomic E-state index is 14.0. The van der Waals surface area contributed by atoms with Crippen LogP contribution in [-0.4, -0.2) is 33.8 Å². The summed E-state index contributed by atoms with van der Waals surface area (Å²) in [6, 6.07) is 19.0. The van der Waals surface area contributed by atoms with Crippen molar-refractivity contribution in [3.05, 3.63) is 92.4 Å². The van der Waals surface area contributed by atoms with E-state index in [1.165, 1.54) is 28.0 Å². The van der Waals surface area contributed by atoms with Crippen molar-refractivity contribution in [2.45, 2.75) is 38.3 Å². The molecular formula is C32H29N3O4S3. The molecule has 3 aromatic heterocycles. The molecule has 1 atom stereocenters. The van der Waals surface area contributed by atoms with Crippen LogP contribution in [-0.2, 0) is 22.4 Å². The van der Waals surface area contributed by atoms with Gasteiger partial charge in [0.05, 0.1) is 23.4 Å². The van der Waals surface area contributed by atoms with Crippen LogP contribution in [0.1, 0.15) is 41.1 Å². The minimum atomic E-state index is -0.485. The van der Waals surface area contributed by atoms with Gasteiger partial charge < -0.3 is 10.1 Å². The molecular weight excluding hydrogens is 587 g/mol. The zero-order chi connectivity index (χ0) is 29.2. The fraction of sp³-hybridized carbons (Fsp3) is 0.250. The molecule has 0 radical (unpaired) electrons. The summed E-state index contributed by atoms with van der Waals surface area (Å²) < 4.78 is 6.94. The van der Waals surface area contributed by atoms with E-state index in [0.29, 0.717) is 38.3 Å². The lowest BCUT2D eigenvalue weighted by Crippen LogP contribution is -2.23. The maximum Gasteiger partial charge on any atom is 0.341 e. The number of thiophene rings is 2. The molecule has 1 aliphatic carbocycles. The van der Waals surface area contributed by atoms with E-state index in [0.717, 1.165) is 35.2 Å². The monoisotopic (exact) mass is 615 g/mol. The molecule has 214 valence electrons. The summed E-state index contributed by atoms with van der Waals surface area (Å²) in [6.45, 7) is 4.22. The van der Waals surface area contributed by atoms with Crippen LogP contribution in [0.2, 0.25) is 0 Å². The van der Waals surface area contributed by atoms with Crippen LogP contribution in [0.15, 0.2) is 76.0 Å². The molecule has 0 fully saturated rings. The van der Waals surface area contributed by atoms with Crippen molar-refractivity contribution in [1.29, 1.82) is 0 Å². The Kier molecular flexibility index (Phi) is 8.28. The molecule has 5 aromatic rings. The van der Waals surface area contributed by atoms with Crippen LogP contribution in [0.25, 0.3) is 27.0 Å². The first kappa shape index (κ1) is 28.4. The van der Waals surface area contributed by atoms with E-state index in [-0.39, 0.29) is 23.8 Å². The third-order valence-corrected chi connectivity index (χ3v) is 10.2. The van der Waals surface area contributed by atoms with Gasteiger partial charge in [-0.15, -0.1) is 22.7 Å². The smallest absolute Gasteiger partial charge is 0.341 e. The second kappa shape index (κ2) is 12.2. The number of esters is 1. The van der Waals surface area contributed by atoms with Crippen molar-refractivity contribution in [3.8, 4) is 16.8 Å². The van der Waals surface area contributed by atoms with Crippen molar-refractivity contribution in [2.75, 3.05) is 17.7 Å². The molecule has 0 spiro atoms. The van der Waals surface area contributed by atoms with Crippen molar-refractivity contribution >= 4 is 61.5 Å². The summed E-state index contributed by atoms with van der Waals surface area (Å²) >= 11 is 4.09. The van der Waals surface area contributed by atoms with E-state index in [1.54, 1.807) is 22.8 Å². The predicted octanol–water partition coefficient (Wildman–Crippen LogP) is 7.21. The normalized spacial score (nSPS) is 14.5. The number of hydrogen-bond acceptors (Lipinski definition) is 8. The predicted molar refractivity (Wildman–Crippen MR) is 171 cm³/mol. The number of rotatable bonds is 8. The fourth-order valence-electron chi connectivity index (χ4n) is 5.25. The number of fused-ring (bicyclic) bond motifs is 3. The van der Waals surface area contributed by atoms with Gasteiger partial charge in [-0.25, -0.2) is 9.78 Å². The van der Waals surface area contributed by atoms with Gasteiger partial charge in [-0.05, 0) is 55.4 Å². The number of thioether (sulfide) groups is 1. The molecule has 7 nitrogen and oxygen atoms in total. The summed E-state index contributed by atoms with van der Waals surface area (Å²) in [6.07, 6.45) is 2.90. The van der Waals surface area contributed by atoms with E-state index in [4.69, 9.17) is 9.72 Å². The molecule has 0 saturated carbocycles. The number of aryl methyl sites for hydroxylation is 1. The van der Waals surface area contributed by atoms with Crippen LogP contribution >= 0.6 is 34.4 Å². The molecule has 1 aliphatic rings. The number of ether oxygens (including phenoxy) is 1. The Hall–Kier alpha value is -3.73. The van der Waals surface area contributed by atoms with E-state index < -0.39 is 5.97 Å². The second-order valence-electron chi connectivity index (χ2n) is 10.2. The van der Waals surface area contributed by atoms with Gasteiger partial charge >= 0.3 is 5.97 Å². The average Bonchev–Trinajstić information content (AvgIpc) is 3.58. The summed E-state index contributed by atoms with van der Waals surface area (Å²) in [5, 5.41) is 6.36. The first-order valence-corrected chi connectivity index (χ1v) is 16.5. The average molecular weight is 616 g/mol. The number of carbonyl (C=O) groups is 2. The maximum atomic E-state index is 14.0. The SMILES string of the molecule is CCOC(=O)c1c(-c2ccccc2)csc1NC(=O)CSc1nc2sc3c(c2c(=O)n1-c1ccccc1)CC[C@@H](C)C3. The van der Waals surface area contributed by atoms with E-state index in [9.17, 15) is 14.4 Å². The molecule has 6 rings (SSSR count). The largest absolute Gasteiger partial charge is 0.462 e. The first-order chi connectivity index (χ1) is 20.4. The van der Waals surface area contributed by atoms with Gasteiger partial charge in [0.15, 0.2) is 5.16 Å². The van der Waals surface area contributed by atoms with Crippen molar-refractivity contribution < 1.29 is 14.3 Å². The molecule has 42 heavy (non-hydrogen) atoms. The Morgan fingerprint density at radius 2 is 1.86 bits per heavy atom. The molecule has 1 amide bonds. The highest BCUT2D eigenvalue weighted by molar-refractivity contribution is 7.99. The van der Waals surface area contributed by atoms with Gasteiger partial charge in [0.25, 0.3) is 5.56 Å². The van der Waals surface area contributed by atoms with Crippen LogP contribution in [0.3, 0.4) is 0 Å². The minimum Gasteiger partial charge on any atom is -0.462 e. The highest BCUT2D eigenvalue weighted by Gasteiger charge is 2.26. The van der Waals surface area contributed by atoms with Gasteiger partial charge in [-0.3, -0.25) is 14.2 Å². The third kappa shape index (κ3) is 5.54. The molecule has 0 saturated heterocycles. The van der Waals surface area contributed by atoms with Crippen molar-refractivity contribution in [2.24, 2.45) is 5.92 Å². The van der Waals surface area contributed by atoms with E-state index in [2.05, 4.69) is 12.2 Å². The molecule has 0 unspecified atom stereocenters. The highest BCUT2D eigenvalue weighted by Crippen LogP contribution is 2.38. The number of hydrogen-bond donors (Lipinski definition) is 1. The molecule has 3 heterocycles. The molecule has 0 bridgehead atoms. The molecule has 10 heteroatoms. The van der Waals surface area contributed by atoms with E-state index in [1.807, 2.05) is 66.0 Å². The molecule has 1 N–H and O–H groups in total. The zero-order valence-electron chi connectivity index (χ0n) is 23.2. The van der Waals surface area contributed by atoms with Crippen molar-refractivity contribution in [3.63, 3.8) is 0 Å². The van der Waals surface area contributed by atoms with Gasteiger partial charge in [-0.2, -0.15) is 0 Å². The second-order valence-corrected chi connectivity index (χ2v) is 13.1. The summed E-state index contributed by atoms with van der Waals surface area (Å²) in [4.78, 5) is 47.1. The van der Waals surface area contributed by atoms with Gasteiger partial charge in [0.2, 0.25) is 5.91 Å². The van der Waals surface area contributed by atoms with Gasteiger partial charge in [0, 0.05) is 15.8 Å². The Bertz CT molecular complexity index is 1830. The number of aromatic nitrogens is 2. The topological polar surface area (TPSA) is 90.3 Å². The fourth-order valence-corrected chi connectivity index (χ4v) is 8.46. The summed E-state index contributed by atoms with van der Waals surface area (Å²) in [7, 11) is 0. The Morgan fingerprint density at radius 1 is 1.12 bits per heavy atom. The first-order valence-electron chi connectivity index (χ1n) is 13.8. The van der Waals surface area contributed by atoms with Crippen LogP contribution in [0.4, 0.5) is 5.00 Å². The number of anilines is 1. The van der Waals surface area contributed by atoms with Crippen LogP contribution < -0.4 is 10.9 Å². The lowest BCUT2D eigenvalue weighted by atomic mass is 9.89. The Morgan fingerprint density at radius 3 is 2.60 bits per heavy atom. The Balaban J connectivity index is 1.31.